The van der Waals surface area contributed by atoms with Crippen LogP contribution in [0.3, 0.4) is 0 Å². The number of Topliss-reactive ketones (excluding diaryl/α,β-unsaturated/α-hetero) is 3. The zero-order chi connectivity index (χ0) is 49.7. The van der Waals surface area contributed by atoms with E-state index in [1.807, 2.05) is 39.0 Å². The molecule has 2 aliphatic heterocycles. The fraction of sp³-hybridized carbons (Fsp3) is 0.750. The van der Waals surface area contributed by atoms with Crippen LogP contribution in [-0.4, -0.2) is 136 Å². The fourth-order valence-electron chi connectivity index (χ4n) is 9.79. The van der Waals surface area contributed by atoms with Gasteiger partial charge >= 0.3 is 5.97 Å². The molecule has 0 aromatic heterocycles. The van der Waals surface area contributed by atoms with Crippen molar-refractivity contribution in [1.82, 2.24) is 4.90 Å². The summed E-state index contributed by atoms with van der Waals surface area (Å²) in [5.41, 5.74) is -2.32. The molecule has 2 fully saturated rings. The molecule has 374 valence electrons. The number of carbonyl (C=O) groups excluding carboxylic acids is 5. The molecular weight excluding hydrogens is 847 g/mol. The number of allylic oxidation sites excluding steroid dienone is 4. The number of aliphatic hydroxyl groups is 4. The Bertz CT molecular complexity index is 1770. The minimum absolute atomic E-state index is 0.0115. The maximum absolute atomic E-state index is 14.3. The Morgan fingerprint density at radius 2 is 1.56 bits per heavy atom. The first-order valence-electron chi connectivity index (χ1n) is 24.1. The molecule has 4 N–H and O–H groups in total. The van der Waals surface area contributed by atoms with E-state index < -0.39 is 83.0 Å². The minimum atomic E-state index is -2.10. The molecule has 1 unspecified atom stereocenters. The van der Waals surface area contributed by atoms with Crippen LogP contribution in [0.2, 0.25) is 0 Å². The Morgan fingerprint density at radius 3 is 2.20 bits per heavy atom. The largest absolute Gasteiger partial charge is 0.460 e. The van der Waals surface area contributed by atoms with Crippen LogP contribution in [0.1, 0.15) is 139 Å². The summed E-state index contributed by atoms with van der Waals surface area (Å²) in [5, 5.41) is 44.8. The normalized spacial score (nSPS) is 39.1. The van der Waals surface area contributed by atoms with Crippen molar-refractivity contribution in [3.8, 4) is 0 Å². The lowest BCUT2D eigenvalue weighted by atomic mass is 9.78. The van der Waals surface area contributed by atoms with Gasteiger partial charge in [0, 0.05) is 46.6 Å². The van der Waals surface area contributed by atoms with Gasteiger partial charge in [0.2, 0.25) is 0 Å². The second kappa shape index (κ2) is 25.8. The summed E-state index contributed by atoms with van der Waals surface area (Å²) in [6.45, 7) is 17.7. The Balaban J connectivity index is 2.03. The van der Waals surface area contributed by atoms with E-state index in [1.165, 1.54) is 25.9 Å². The Kier molecular flexibility index (Phi) is 22.3. The zero-order valence-electron chi connectivity index (χ0n) is 41.8. The van der Waals surface area contributed by atoms with Gasteiger partial charge in [-0.3, -0.25) is 19.2 Å². The average Bonchev–Trinajstić information content (AvgIpc) is 3.29. The van der Waals surface area contributed by atoms with E-state index in [-0.39, 0.29) is 73.9 Å². The summed E-state index contributed by atoms with van der Waals surface area (Å²) < 4.78 is 23.2. The zero-order valence-corrected chi connectivity index (χ0v) is 41.8. The van der Waals surface area contributed by atoms with Crippen molar-refractivity contribution in [3.63, 3.8) is 0 Å². The molecule has 3 rings (SSSR count). The van der Waals surface area contributed by atoms with Gasteiger partial charge in [0.05, 0.1) is 24.4 Å². The second-order valence-corrected chi connectivity index (χ2v) is 20.2. The monoisotopic (exact) mass is 930 g/mol. The lowest BCUT2D eigenvalue weighted by Gasteiger charge is -2.38. The Morgan fingerprint density at radius 1 is 0.879 bits per heavy atom. The number of methoxy groups -OCH3 is 3. The summed E-state index contributed by atoms with van der Waals surface area (Å²) in [7, 11) is 4.46. The number of cyclic esters (lactones) is 1. The molecule has 1 aliphatic carbocycles. The number of amides is 1. The second-order valence-electron chi connectivity index (χ2n) is 20.2. The number of carbonyl (C=O) groups is 5. The highest BCUT2D eigenvalue weighted by atomic mass is 16.5. The van der Waals surface area contributed by atoms with E-state index in [1.54, 1.807) is 41.1 Å². The van der Waals surface area contributed by atoms with Gasteiger partial charge in [-0.15, -0.1) is 0 Å². The number of hydrogen-bond donors (Lipinski definition) is 4. The van der Waals surface area contributed by atoms with Crippen molar-refractivity contribution in [3.05, 3.63) is 47.6 Å². The molecule has 14 heteroatoms. The first kappa shape index (κ1) is 57.0. The van der Waals surface area contributed by atoms with Crippen LogP contribution < -0.4 is 0 Å². The molecular formula is C52H83NO13. The van der Waals surface area contributed by atoms with Crippen LogP contribution in [0.25, 0.3) is 0 Å². The average molecular weight is 930 g/mol. The first-order valence-corrected chi connectivity index (χ1v) is 24.1. The number of nitrogens with zero attached hydrogens (tertiary/aromatic N) is 1. The quantitative estimate of drug-likeness (QED) is 0.0994. The minimum Gasteiger partial charge on any atom is -0.460 e. The molecule has 1 amide bonds. The van der Waals surface area contributed by atoms with Crippen LogP contribution in [-0.2, 0) is 42.9 Å². The van der Waals surface area contributed by atoms with Gasteiger partial charge in [0.25, 0.3) is 11.7 Å². The topological polar surface area (TPSA) is 206 Å². The van der Waals surface area contributed by atoms with E-state index >= 15 is 0 Å². The molecule has 0 bridgehead atoms. The van der Waals surface area contributed by atoms with Crippen LogP contribution in [0, 0.1) is 29.6 Å². The first-order chi connectivity index (χ1) is 30.9. The van der Waals surface area contributed by atoms with Crippen molar-refractivity contribution in [2.24, 2.45) is 29.6 Å². The summed E-state index contributed by atoms with van der Waals surface area (Å²) in [6, 6.07) is -1.13. The van der Waals surface area contributed by atoms with Gasteiger partial charge in [-0.05, 0) is 139 Å². The van der Waals surface area contributed by atoms with Crippen molar-refractivity contribution < 1.29 is 63.3 Å². The van der Waals surface area contributed by atoms with Crippen LogP contribution in [0.4, 0.5) is 0 Å². The van der Waals surface area contributed by atoms with E-state index in [0.29, 0.717) is 56.9 Å². The number of rotatable bonds is 6. The molecule has 14 nitrogen and oxygen atoms in total. The lowest BCUT2D eigenvalue weighted by Crippen LogP contribution is -2.57. The smallest absolute Gasteiger partial charge is 0.329 e. The molecule has 0 aromatic carbocycles. The Labute approximate surface area is 394 Å². The van der Waals surface area contributed by atoms with Crippen molar-refractivity contribution in [1.29, 1.82) is 0 Å². The predicted octanol–water partition coefficient (Wildman–Crippen LogP) is 6.35. The van der Waals surface area contributed by atoms with Gasteiger partial charge in [-0.1, -0.05) is 58.6 Å². The molecule has 0 spiro atoms. The summed E-state index contributed by atoms with van der Waals surface area (Å²) in [6.07, 6.45) is 7.96. The van der Waals surface area contributed by atoms with E-state index in [9.17, 15) is 44.4 Å². The third kappa shape index (κ3) is 15.1. The highest BCUT2D eigenvalue weighted by Gasteiger charge is 2.47. The van der Waals surface area contributed by atoms with Crippen LogP contribution >= 0.6 is 0 Å². The van der Waals surface area contributed by atoms with Crippen molar-refractivity contribution >= 4 is 29.2 Å². The molecule has 1 saturated carbocycles. The number of ether oxygens (including phenoxy) is 4. The predicted molar refractivity (Wildman–Crippen MR) is 252 cm³/mol. The number of hydrogen-bond acceptors (Lipinski definition) is 13. The number of ketones is 3. The molecule has 66 heavy (non-hydrogen) atoms. The fourth-order valence-corrected chi connectivity index (χ4v) is 9.79. The SMILES string of the molecule is C=C1C[C@H](C)C/C=C/C=C(\C)[C@@H](OC)C[C@@H](O)CC[C@@H](C)[C@](C)(O)C(=O)C(=O)N2CCCCC2C(=O)O[C@H]([C@H](C)C[C@@H]2CC[C@@H](O)[C@H](OC)C2)CC(=O)[C@H](C)/C=C(\C)[C@@H](O)[C@](C)(OC)C1=O. The standard InChI is InChI=1S/C52H83NO13/c1-31-17-13-14-18-32(2)43(63-10)29-39(54)22-20-37(7)51(8,62)48(59)49(60)53-24-16-15-19-40(53)50(61)66-44(34(4)27-38-21-23-41(55)45(28-38)64-11)30-42(56)33(3)26-36(6)47(58)52(9,65-12)46(57)35(5)25-31/h13-14,18,26,31,33-34,37-41,43-45,47,54-55,58,62H,5,15-17,19-25,27-30H2,1-4,6-12H3/b14-13+,32-18+,36-26+/t31-,33-,34-,37-,38+,39+,40?,41-,43+,44+,45-,47-,51+,52-/m1/s1. The molecule has 2 heterocycles. The van der Waals surface area contributed by atoms with Gasteiger partial charge < -0.3 is 44.3 Å². The van der Waals surface area contributed by atoms with Crippen molar-refractivity contribution in [2.75, 3.05) is 27.9 Å². The lowest BCUT2D eigenvalue weighted by molar-refractivity contribution is -0.169. The number of esters is 1. The van der Waals surface area contributed by atoms with E-state index in [0.717, 1.165) is 5.57 Å². The third-order valence-electron chi connectivity index (χ3n) is 14.8. The highest BCUT2D eigenvalue weighted by molar-refractivity contribution is 6.39. The number of fused-ring (bicyclic) bond motifs is 1. The van der Waals surface area contributed by atoms with Gasteiger partial charge in [-0.25, -0.2) is 4.79 Å². The van der Waals surface area contributed by atoms with Gasteiger partial charge in [-0.2, -0.15) is 0 Å². The molecule has 0 radical (unpaired) electrons. The van der Waals surface area contributed by atoms with E-state index in [2.05, 4.69) is 6.58 Å². The molecule has 0 aromatic rings. The Hall–Kier alpha value is -3.37. The summed E-state index contributed by atoms with van der Waals surface area (Å²) >= 11 is 0. The molecule has 1 saturated heterocycles. The van der Waals surface area contributed by atoms with Gasteiger partial charge in [0.15, 0.2) is 11.4 Å². The summed E-state index contributed by atoms with van der Waals surface area (Å²) in [4.78, 5) is 71.5. The molecule has 3 aliphatic rings. The van der Waals surface area contributed by atoms with E-state index in [4.69, 9.17) is 18.9 Å². The summed E-state index contributed by atoms with van der Waals surface area (Å²) in [5.74, 6) is -5.31. The van der Waals surface area contributed by atoms with Crippen LogP contribution in [0.5, 0.6) is 0 Å². The highest BCUT2D eigenvalue weighted by Crippen LogP contribution is 2.35. The number of aliphatic hydroxyl groups excluding tert-OH is 3. The maximum Gasteiger partial charge on any atom is 0.329 e. The van der Waals surface area contributed by atoms with Crippen LogP contribution in [0.15, 0.2) is 47.6 Å². The number of piperidine rings is 1. The molecule has 14 atom stereocenters. The van der Waals surface area contributed by atoms with Gasteiger partial charge in [0.1, 0.15) is 29.6 Å². The maximum atomic E-state index is 14.3. The third-order valence-corrected chi connectivity index (χ3v) is 14.8. The van der Waals surface area contributed by atoms with Crippen molar-refractivity contribution in [2.45, 2.75) is 193 Å².